The molecule has 0 bridgehead atoms. The van der Waals surface area contributed by atoms with Gasteiger partial charge in [0.1, 0.15) is 0 Å². The molecule has 0 aliphatic rings. The molecular formula is C5H11INO-. The van der Waals surface area contributed by atoms with Crippen molar-refractivity contribution in [1.29, 1.82) is 0 Å². The van der Waals surface area contributed by atoms with E-state index in [1.807, 2.05) is 13.8 Å². The molecule has 8 heavy (non-hydrogen) atoms. The molecule has 1 unspecified atom stereocenters. The van der Waals surface area contributed by atoms with Crippen LogP contribution in [0.1, 0.15) is 20.3 Å². The van der Waals surface area contributed by atoms with Crippen molar-refractivity contribution in [3.05, 3.63) is 4.91 Å². The van der Waals surface area contributed by atoms with Gasteiger partial charge in [-0.3, -0.25) is 0 Å². The quantitative estimate of drug-likeness (QED) is 0.253. The summed E-state index contributed by atoms with van der Waals surface area (Å²) < 4.78 is -0.196. The molecule has 0 amide bonds. The molecule has 0 aromatic heterocycles. The number of hydrogen-bond donors (Lipinski definition) is 0. The molecule has 0 aromatic rings. The molecule has 0 saturated carbocycles. The van der Waals surface area contributed by atoms with E-state index < -0.39 is 0 Å². The van der Waals surface area contributed by atoms with Crippen LogP contribution in [0.3, 0.4) is 0 Å². The van der Waals surface area contributed by atoms with Crippen molar-refractivity contribution < 1.29 is 21.2 Å². The van der Waals surface area contributed by atoms with Crippen molar-refractivity contribution in [2.24, 2.45) is 5.18 Å². The number of halogens is 1. The van der Waals surface area contributed by atoms with E-state index in [9.17, 15) is 4.91 Å². The van der Waals surface area contributed by atoms with Gasteiger partial charge in [-0.15, -0.1) is 0 Å². The van der Waals surface area contributed by atoms with Gasteiger partial charge < -0.3 is 0 Å². The second-order valence-electron chi connectivity index (χ2n) is 1.78. The van der Waals surface area contributed by atoms with Gasteiger partial charge in [0.05, 0.1) is 0 Å². The van der Waals surface area contributed by atoms with Crippen LogP contribution < -0.4 is 21.2 Å². The molecule has 0 heterocycles. The summed E-state index contributed by atoms with van der Waals surface area (Å²) >= 11 is -0.0214. The third kappa shape index (κ3) is 2.07. The summed E-state index contributed by atoms with van der Waals surface area (Å²) in [5.41, 5.74) is 0. The Morgan fingerprint density at radius 3 is 2.25 bits per heavy atom. The average molecular weight is 228 g/mol. The predicted molar refractivity (Wildman–Crippen MR) is 30.4 cm³/mol. The summed E-state index contributed by atoms with van der Waals surface area (Å²) in [4.78, 5) is 12.2. The van der Waals surface area contributed by atoms with E-state index in [4.69, 9.17) is 0 Å². The van der Waals surface area contributed by atoms with Gasteiger partial charge in [0.2, 0.25) is 0 Å². The van der Waals surface area contributed by atoms with Crippen LogP contribution in [0.5, 0.6) is 0 Å². The predicted octanol–water partition coefficient (Wildman–Crippen LogP) is -1.40. The molecule has 0 rings (SSSR count). The number of nitroso groups, excluding NO2 is 1. The fourth-order valence-corrected chi connectivity index (χ4v) is 1.19. The number of alkyl halides is 2. The van der Waals surface area contributed by atoms with Gasteiger partial charge in [0.25, 0.3) is 0 Å². The van der Waals surface area contributed by atoms with Gasteiger partial charge in [-0.1, -0.05) is 0 Å². The first-order valence-corrected chi connectivity index (χ1v) is 5.77. The van der Waals surface area contributed by atoms with Gasteiger partial charge in [0, 0.05) is 0 Å². The van der Waals surface area contributed by atoms with Crippen LogP contribution in [0.2, 0.25) is 0 Å². The van der Waals surface area contributed by atoms with Crippen LogP contribution in [0, 0.1) is 4.91 Å². The zero-order valence-corrected chi connectivity index (χ0v) is 7.60. The molecule has 50 valence electrons. The van der Waals surface area contributed by atoms with E-state index in [1.54, 1.807) is 0 Å². The summed E-state index contributed by atoms with van der Waals surface area (Å²) in [5, 5.41) is 3.06. The Morgan fingerprint density at radius 2 is 2.25 bits per heavy atom. The Balaban J connectivity index is 3.76. The summed E-state index contributed by atoms with van der Waals surface area (Å²) in [6, 6.07) is 0. The molecule has 0 saturated heterocycles. The van der Waals surface area contributed by atoms with Crippen molar-refractivity contribution in [1.82, 2.24) is 0 Å². The minimum atomic E-state index is -0.196. The molecule has 2 nitrogen and oxygen atoms in total. The topological polar surface area (TPSA) is 29.4 Å². The van der Waals surface area contributed by atoms with Crippen LogP contribution >= 0.6 is 0 Å². The molecule has 0 aromatic carbocycles. The molecule has 0 aliphatic heterocycles. The van der Waals surface area contributed by atoms with Crippen molar-refractivity contribution in [3.63, 3.8) is 0 Å². The Kier molecular flexibility index (Phi) is 3.51. The van der Waals surface area contributed by atoms with E-state index in [0.717, 1.165) is 6.42 Å². The molecule has 0 radical (unpaired) electrons. The van der Waals surface area contributed by atoms with E-state index in [-0.39, 0.29) is 24.8 Å². The summed E-state index contributed by atoms with van der Waals surface area (Å²) in [5.74, 6) is 0. The third-order valence-electron chi connectivity index (χ3n) is 1.24. The molecule has 0 spiro atoms. The first kappa shape index (κ1) is 8.33. The zero-order valence-electron chi connectivity index (χ0n) is 5.44. The third-order valence-corrected chi connectivity index (χ3v) is 4.53. The van der Waals surface area contributed by atoms with E-state index in [2.05, 4.69) is 10.1 Å². The van der Waals surface area contributed by atoms with Gasteiger partial charge in [-0.2, -0.15) is 0 Å². The Hall–Kier alpha value is 0.330. The maximum atomic E-state index is 10.1. The fourth-order valence-electron chi connectivity index (χ4n) is 0.233. The maximum absolute atomic E-state index is 10.1. The van der Waals surface area contributed by atoms with Crippen molar-refractivity contribution in [3.8, 4) is 0 Å². The molecule has 0 fully saturated rings. The standard InChI is InChI=1S/C5H11INO/c1-4-5(2,6-3)7-8/h4H2,1-3H3/q-1. The monoisotopic (exact) mass is 228 g/mol. The normalized spacial score (nSPS) is 17.9. The molecule has 0 N–H and O–H groups in total. The minimum absolute atomic E-state index is 0.0214. The molecule has 1 atom stereocenters. The second-order valence-corrected chi connectivity index (χ2v) is 5.18. The van der Waals surface area contributed by atoms with Crippen molar-refractivity contribution >= 4 is 0 Å². The SMILES string of the molecule is CCC(C)(N=O)[I-]C. The molecule has 3 heteroatoms. The van der Waals surface area contributed by atoms with E-state index >= 15 is 0 Å². The first-order valence-electron chi connectivity index (χ1n) is 2.53. The van der Waals surface area contributed by atoms with Crippen LogP contribution in [0.15, 0.2) is 5.18 Å². The summed E-state index contributed by atoms with van der Waals surface area (Å²) in [6.07, 6.45) is 0.889. The van der Waals surface area contributed by atoms with Crippen molar-refractivity contribution in [2.45, 2.75) is 23.8 Å². The Morgan fingerprint density at radius 1 is 1.75 bits per heavy atom. The van der Waals surface area contributed by atoms with Gasteiger partial charge in [-0.25, -0.2) is 0 Å². The van der Waals surface area contributed by atoms with Crippen LogP contribution in [0.25, 0.3) is 0 Å². The molecule has 0 aliphatic carbocycles. The van der Waals surface area contributed by atoms with Crippen molar-refractivity contribution in [2.75, 3.05) is 4.93 Å². The second kappa shape index (κ2) is 3.37. The van der Waals surface area contributed by atoms with Crippen LogP contribution in [-0.2, 0) is 0 Å². The zero-order chi connectivity index (χ0) is 6.62. The van der Waals surface area contributed by atoms with Gasteiger partial charge in [0.15, 0.2) is 0 Å². The first-order chi connectivity index (χ1) is 3.68. The average Bonchev–Trinajstić information content (AvgIpc) is 1.87. The summed E-state index contributed by atoms with van der Waals surface area (Å²) in [7, 11) is 0. The van der Waals surface area contributed by atoms with Crippen LogP contribution in [-0.4, -0.2) is 8.48 Å². The number of hydrogen-bond acceptors (Lipinski definition) is 2. The van der Waals surface area contributed by atoms with Gasteiger partial charge in [-0.05, 0) is 0 Å². The van der Waals surface area contributed by atoms with Gasteiger partial charge >= 0.3 is 60.0 Å². The molecular weight excluding hydrogens is 217 g/mol. The Bertz CT molecular complexity index is 80.5. The number of rotatable bonds is 3. The van der Waals surface area contributed by atoms with Crippen LogP contribution in [0.4, 0.5) is 0 Å². The number of nitrogens with zero attached hydrogens (tertiary/aromatic N) is 1. The van der Waals surface area contributed by atoms with E-state index in [0.29, 0.717) is 0 Å². The van der Waals surface area contributed by atoms with E-state index in [1.165, 1.54) is 0 Å². The fraction of sp³-hybridized carbons (Fsp3) is 1.00. The summed E-state index contributed by atoms with van der Waals surface area (Å²) in [6.45, 7) is 3.93. The Labute approximate surface area is 60.3 Å².